The predicted octanol–water partition coefficient (Wildman–Crippen LogP) is 3.40. The van der Waals surface area contributed by atoms with Crippen molar-refractivity contribution in [2.75, 3.05) is 13.6 Å². The lowest BCUT2D eigenvalue weighted by Gasteiger charge is -2.25. The molecule has 0 saturated heterocycles. The van der Waals surface area contributed by atoms with E-state index in [1.54, 1.807) is 13.2 Å². The smallest absolute Gasteiger partial charge is 0.326 e. The van der Waals surface area contributed by atoms with Crippen LogP contribution in [-0.2, 0) is 0 Å². The molecule has 2 heterocycles. The van der Waals surface area contributed by atoms with Crippen molar-refractivity contribution in [1.82, 2.24) is 25.2 Å². The Morgan fingerprint density at radius 2 is 2.04 bits per heavy atom. The summed E-state index contributed by atoms with van der Waals surface area (Å²) in [6.45, 7) is 6.98. The highest BCUT2D eigenvalue weighted by Gasteiger charge is 2.21. The zero-order chi connectivity index (χ0) is 20.5. The first kappa shape index (κ1) is 21.6. The van der Waals surface area contributed by atoms with Crippen LogP contribution in [0.15, 0.2) is 53.6 Å². The molecule has 0 aliphatic heterocycles. The molecule has 0 radical (unpaired) electrons. The number of nitrogens with zero attached hydrogens (tertiary/aromatic N) is 2. The summed E-state index contributed by atoms with van der Waals surface area (Å²) in [7, 11) is 1.79. The lowest BCUT2D eigenvalue weighted by Crippen LogP contribution is -2.38. The summed E-state index contributed by atoms with van der Waals surface area (Å²) in [5.41, 5.74) is 3.00. The Hall–Kier alpha value is -2.67. The lowest BCUT2D eigenvalue weighted by atomic mass is 9.99. The first-order chi connectivity index (χ1) is 13.5. The van der Waals surface area contributed by atoms with Gasteiger partial charge in [0.1, 0.15) is 0 Å². The summed E-state index contributed by atoms with van der Waals surface area (Å²) in [6.07, 6.45) is 4.49. The quantitative estimate of drug-likeness (QED) is 0.574. The average molecular weight is 400 g/mol. The number of benzene rings is 1. The van der Waals surface area contributed by atoms with Crippen molar-refractivity contribution in [3.63, 3.8) is 0 Å². The number of thiocarbonyl (C=S) groups is 1. The van der Waals surface area contributed by atoms with Crippen LogP contribution >= 0.6 is 12.2 Å². The molecule has 2 aromatic heterocycles. The minimum Gasteiger partial charge on any atom is -0.366 e. The van der Waals surface area contributed by atoms with Crippen LogP contribution in [0, 0.1) is 12.8 Å². The van der Waals surface area contributed by atoms with E-state index in [-0.39, 0.29) is 17.6 Å². The van der Waals surface area contributed by atoms with Gasteiger partial charge in [-0.05, 0) is 55.2 Å². The molecule has 28 heavy (non-hydrogen) atoms. The summed E-state index contributed by atoms with van der Waals surface area (Å²) >= 11 is 5.10. The Morgan fingerprint density at radius 1 is 1.29 bits per heavy atom. The van der Waals surface area contributed by atoms with Crippen LogP contribution in [0.1, 0.15) is 31.9 Å². The van der Waals surface area contributed by atoms with E-state index in [0.29, 0.717) is 5.11 Å². The van der Waals surface area contributed by atoms with Gasteiger partial charge in [-0.1, -0.05) is 32.0 Å². The van der Waals surface area contributed by atoms with Gasteiger partial charge >= 0.3 is 5.69 Å². The van der Waals surface area contributed by atoms with Crippen LogP contribution in [0.25, 0.3) is 11.0 Å². The van der Waals surface area contributed by atoms with E-state index in [9.17, 15) is 4.79 Å². The Kier molecular flexibility index (Phi) is 8.19. The number of para-hydroxylation sites is 2. The number of imidazole rings is 1. The number of aromatic nitrogens is 3. The van der Waals surface area contributed by atoms with Gasteiger partial charge in [-0.3, -0.25) is 9.55 Å². The molecule has 150 valence electrons. The fourth-order valence-corrected chi connectivity index (χ4v) is 3.25. The highest BCUT2D eigenvalue weighted by atomic mass is 32.1. The van der Waals surface area contributed by atoms with E-state index < -0.39 is 0 Å². The molecule has 1 aromatic carbocycles. The highest BCUT2D eigenvalue weighted by Crippen LogP contribution is 2.24. The van der Waals surface area contributed by atoms with Crippen LogP contribution < -0.4 is 16.3 Å². The Labute approximate surface area is 171 Å². The fourth-order valence-electron chi connectivity index (χ4n) is 3.17. The fraction of sp³-hybridized carbons (Fsp3) is 0.381. The normalized spacial score (nSPS) is 12.6. The average Bonchev–Trinajstić information content (AvgIpc) is 3.04. The van der Waals surface area contributed by atoms with Gasteiger partial charge in [0.15, 0.2) is 5.11 Å². The van der Waals surface area contributed by atoms with Gasteiger partial charge in [0, 0.05) is 32.0 Å². The second kappa shape index (κ2) is 10.6. The SMILES string of the molecule is CCC(C(C)CNC(=S)NC)n1c(=O)[nH]c2ccccc21.Cc1cccnc1. The minimum absolute atomic E-state index is 0.0499. The van der Waals surface area contributed by atoms with Crippen LogP contribution in [0.3, 0.4) is 0 Å². The Morgan fingerprint density at radius 3 is 2.61 bits per heavy atom. The van der Waals surface area contributed by atoms with Gasteiger partial charge < -0.3 is 15.6 Å². The molecule has 6 nitrogen and oxygen atoms in total. The molecule has 0 spiro atoms. The predicted molar refractivity (Wildman–Crippen MR) is 120 cm³/mol. The number of fused-ring (bicyclic) bond motifs is 1. The topological polar surface area (TPSA) is 74.7 Å². The number of aryl methyl sites for hydroxylation is 1. The molecule has 0 amide bonds. The van der Waals surface area contributed by atoms with Gasteiger partial charge in [0.2, 0.25) is 0 Å². The molecule has 3 rings (SSSR count). The van der Waals surface area contributed by atoms with Crippen molar-refractivity contribution in [3.8, 4) is 0 Å². The molecule has 0 saturated carbocycles. The van der Waals surface area contributed by atoms with Gasteiger partial charge in [0.05, 0.1) is 11.0 Å². The number of aromatic amines is 1. The van der Waals surface area contributed by atoms with Crippen molar-refractivity contribution in [2.24, 2.45) is 5.92 Å². The Bertz CT molecular complexity index is 935. The number of hydrogen-bond acceptors (Lipinski definition) is 3. The lowest BCUT2D eigenvalue weighted by molar-refractivity contribution is 0.341. The van der Waals surface area contributed by atoms with Gasteiger partial charge in [-0.2, -0.15) is 0 Å². The first-order valence-corrected chi connectivity index (χ1v) is 9.90. The molecule has 0 bridgehead atoms. The number of H-pyrrole nitrogens is 1. The van der Waals surface area contributed by atoms with E-state index in [4.69, 9.17) is 12.2 Å². The number of rotatable bonds is 5. The van der Waals surface area contributed by atoms with Gasteiger partial charge in [-0.25, -0.2) is 4.79 Å². The highest BCUT2D eigenvalue weighted by molar-refractivity contribution is 7.80. The summed E-state index contributed by atoms with van der Waals surface area (Å²) < 4.78 is 1.87. The van der Waals surface area contributed by atoms with Crippen LogP contribution in [-0.4, -0.2) is 33.2 Å². The third-order valence-corrected chi connectivity index (χ3v) is 5.00. The summed E-state index contributed by atoms with van der Waals surface area (Å²) in [4.78, 5) is 19.1. The van der Waals surface area contributed by atoms with Crippen molar-refractivity contribution >= 4 is 28.4 Å². The van der Waals surface area contributed by atoms with E-state index in [2.05, 4.69) is 34.4 Å². The zero-order valence-corrected chi connectivity index (χ0v) is 17.7. The van der Waals surface area contributed by atoms with E-state index in [0.717, 1.165) is 24.0 Å². The largest absolute Gasteiger partial charge is 0.366 e. The third kappa shape index (κ3) is 5.66. The van der Waals surface area contributed by atoms with Crippen molar-refractivity contribution in [2.45, 2.75) is 33.2 Å². The zero-order valence-electron chi connectivity index (χ0n) is 16.9. The summed E-state index contributed by atoms with van der Waals surface area (Å²) in [5, 5.41) is 6.70. The van der Waals surface area contributed by atoms with E-state index >= 15 is 0 Å². The molecule has 0 fully saturated rings. The molecule has 7 heteroatoms. The molecule has 2 unspecified atom stereocenters. The van der Waals surface area contributed by atoms with Gasteiger partial charge in [0.25, 0.3) is 0 Å². The van der Waals surface area contributed by atoms with Crippen molar-refractivity contribution < 1.29 is 0 Å². The monoisotopic (exact) mass is 399 g/mol. The number of nitrogens with one attached hydrogen (secondary N) is 3. The number of hydrogen-bond donors (Lipinski definition) is 3. The second-order valence-corrected chi connectivity index (χ2v) is 7.17. The maximum absolute atomic E-state index is 12.3. The molecular formula is C21H29N5OS. The van der Waals surface area contributed by atoms with Crippen molar-refractivity contribution in [1.29, 1.82) is 0 Å². The van der Waals surface area contributed by atoms with E-state index in [1.807, 2.05) is 54.1 Å². The van der Waals surface area contributed by atoms with Crippen LogP contribution in [0.4, 0.5) is 0 Å². The minimum atomic E-state index is -0.0499. The van der Waals surface area contributed by atoms with Gasteiger partial charge in [-0.15, -0.1) is 0 Å². The van der Waals surface area contributed by atoms with Crippen LogP contribution in [0.2, 0.25) is 0 Å². The van der Waals surface area contributed by atoms with Crippen molar-refractivity contribution in [3.05, 3.63) is 64.8 Å². The standard InChI is InChI=1S/C15H22N4OS.C6H7N/c1-4-12(10(2)9-17-14(21)16-3)19-13-8-6-5-7-11(13)18-15(19)20;1-6-3-2-4-7-5-6/h5-8,10,12H,4,9H2,1-3H3,(H,18,20)(H2,16,17,21);2-5H,1H3. The molecule has 0 aliphatic rings. The Balaban J connectivity index is 0.000000336. The molecule has 2 atom stereocenters. The maximum Gasteiger partial charge on any atom is 0.326 e. The molecule has 3 N–H and O–H groups in total. The maximum atomic E-state index is 12.3. The summed E-state index contributed by atoms with van der Waals surface area (Å²) in [5.74, 6) is 0.276. The molecule has 0 aliphatic carbocycles. The molecule has 3 aromatic rings. The first-order valence-electron chi connectivity index (χ1n) is 9.49. The van der Waals surface area contributed by atoms with Crippen LogP contribution in [0.5, 0.6) is 0 Å². The summed E-state index contributed by atoms with van der Waals surface area (Å²) in [6, 6.07) is 11.9. The number of pyridine rings is 1. The van der Waals surface area contributed by atoms with E-state index in [1.165, 1.54) is 5.56 Å². The third-order valence-electron chi connectivity index (χ3n) is 4.65. The molecular weight excluding hydrogens is 370 g/mol. The second-order valence-electron chi connectivity index (χ2n) is 6.76.